The molecule has 1 saturated heterocycles. The highest BCUT2D eigenvalue weighted by Crippen LogP contribution is 2.18. The molecule has 1 aliphatic heterocycles. The van der Waals surface area contributed by atoms with E-state index in [-0.39, 0.29) is 36.4 Å². The third-order valence-electron chi connectivity index (χ3n) is 3.56. The molecular formula is C15H18F2N2O3. The molecule has 0 spiro atoms. The Bertz CT molecular complexity index is 551. The summed E-state index contributed by atoms with van der Waals surface area (Å²) in [4.78, 5) is 25.3. The van der Waals surface area contributed by atoms with Gasteiger partial charge in [0.1, 0.15) is 5.75 Å². The van der Waals surface area contributed by atoms with Gasteiger partial charge in [0.2, 0.25) is 11.8 Å². The van der Waals surface area contributed by atoms with E-state index >= 15 is 0 Å². The number of likely N-dealkylation sites (tertiary alicyclic amines) is 1. The topological polar surface area (TPSA) is 58.6 Å². The second-order valence-electron chi connectivity index (χ2n) is 5.08. The van der Waals surface area contributed by atoms with Gasteiger partial charge >= 0.3 is 6.61 Å². The molecule has 0 radical (unpaired) electrons. The Morgan fingerprint density at radius 1 is 1.50 bits per heavy atom. The number of rotatable bonds is 6. The van der Waals surface area contributed by atoms with Crippen molar-refractivity contribution in [2.45, 2.75) is 26.5 Å². The molecule has 0 saturated carbocycles. The molecule has 2 rings (SSSR count). The van der Waals surface area contributed by atoms with E-state index in [1.165, 1.54) is 12.1 Å². The van der Waals surface area contributed by atoms with E-state index in [1.54, 1.807) is 17.0 Å². The van der Waals surface area contributed by atoms with Gasteiger partial charge in [-0.3, -0.25) is 9.59 Å². The summed E-state index contributed by atoms with van der Waals surface area (Å²) in [6.45, 7) is 0.211. The summed E-state index contributed by atoms with van der Waals surface area (Å²) in [6.07, 6.45) is 0.216. The van der Waals surface area contributed by atoms with Crippen molar-refractivity contribution < 1.29 is 23.1 Å². The predicted octanol–water partition coefficient (Wildman–Crippen LogP) is 1.77. The quantitative estimate of drug-likeness (QED) is 0.871. The average molecular weight is 312 g/mol. The molecule has 1 aliphatic rings. The Morgan fingerprint density at radius 2 is 2.27 bits per heavy atom. The van der Waals surface area contributed by atoms with Gasteiger partial charge in [0.15, 0.2) is 0 Å². The molecular weight excluding hydrogens is 294 g/mol. The molecule has 0 unspecified atom stereocenters. The smallest absolute Gasteiger partial charge is 0.387 e. The van der Waals surface area contributed by atoms with Crippen molar-refractivity contribution in [3.63, 3.8) is 0 Å². The maximum atomic E-state index is 12.1. The summed E-state index contributed by atoms with van der Waals surface area (Å²) in [5.41, 5.74) is 0.656. The number of nitrogens with one attached hydrogen (secondary N) is 1. The fraction of sp³-hybridized carbons (Fsp3) is 0.467. The van der Waals surface area contributed by atoms with E-state index in [0.29, 0.717) is 18.7 Å². The Balaban J connectivity index is 1.88. The van der Waals surface area contributed by atoms with E-state index in [0.717, 1.165) is 0 Å². The van der Waals surface area contributed by atoms with Gasteiger partial charge in [-0.05, 0) is 24.6 Å². The lowest BCUT2D eigenvalue weighted by atomic mass is 10.1. The number of ether oxygens (including phenoxy) is 1. The zero-order valence-electron chi connectivity index (χ0n) is 12.2. The van der Waals surface area contributed by atoms with Crippen molar-refractivity contribution in [1.82, 2.24) is 10.2 Å². The molecule has 1 N–H and O–H groups in total. The van der Waals surface area contributed by atoms with Gasteiger partial charge in [-0.1, -0.05) is 12.1 Å². The summed E-state index contributed by atoms with van der Waals surface area (Å²) < 4.78 is 28.6. The van der Waals surface area contributed by atoms with E-state index in [9.17, 15) is 18.4 Å². The minimum atomic E-state index is -2.88. The SMILES string of the molecule is CCN1C[C@@H](C(=O)NCc2cccc(OC(F)F)c2)CC1=O. The molecule has 1 atom stereocenters. The molecule has 120 valence electrons. The fourth-order valence-electron chi connectivity index (χ4n) is 2.42. The molecule has 1 aromatic carbocycles. The van der Waals surface area contributed by atoms with Crippen LogP contribution in [0, 0.1) is 5.92 Å². The number of benzene rings is 1. The molecule has 0 aliphatic carbocycles. The first kappa shape index (κ1) is 16.2. The van der Waals surface area contributed by atoms with E-state index < -0.39 is 6.61 Å². The number of halogens is 2. The predicted molar refractivity (Wildman–Crippen MR) is 75.3 cm³/mol. The standard InChI is InChI=1S/C15H18F2N2O3/c1-2-19-9-11(7-13(19)20)14(21)18-8-10-4-3-5-12(6-10)22-15(16)17/h3-6,11,15H,2,7-9H2,1H3,(H,18,21)/t11-/m0/s1. The van der Waals surface area contributed by atoms with Crippen LogP contribution in [-0.4, -0.2) is 36.4 Å². The summed E-state index contributed by atoms with van der Waals surface area (Å²) in [5, 5.41) is 2.73. The lowest BCUT2D eigenvalue weighted by Gasteiger charge is -2.14. The maximum absolute atomic E-state index is 12.1. The van der Waals surface area contributed by atoms with Crippen LogP contribution in [0.15, 0.2) is 24.3 Å². The highest BCUT2D eigenvalue weighted by atomic mass is 19.3. The summed E-state index contributed by atoms with van der Waals surface area (Å²) in [5.74, 6) is -0.526. The molecule has 5 nitrogen and oxygen atoms in total. The van der Waals surface area contributed by atoms with Crippen LogP contribution in [0.5, 0.6) is 5.75 Å². The normalized spacial score (nSPS) is 17.9. The third kappa shape index (κ3) is 4.16. The van der Waals surface area contributed by atoms with Crippen LogP contribution < -0.4 is 10.1 Å². The number of nitrogens with zero attached hydrogens (tertiary/aromatic N) is 1. The van der Waals surface area contributed by atoms with E-state index in [4.69, 9.17) is 0 Å². The number of hydrogen-bond acceptors (Lipinski definition) is 3. The van der Waals surface area contributed by atoms with Crippen LogP contribution in [-0.2, 0) is 16.1 Å². The Hall–Kier alpha value is -2.18. The minimum absolute atomic E-state index is 0.0185. The molecule has 0 bridgehead atoms. The van der Waals surface area contributed by atoms with Crippen molar-refractivity contribution in [1.29, 1.82) is 0 Å². The van der Waals surface area contributed by atoms with Gasteiger partial charge in [-0.25, -0.2) is 0 Å². The first-order valence-electron chi connectivity index (χ1n) is 7.08. The highest BCUT2D eigenvalue weighted by Gasteiger charge is 2.33. The van der Waals surface area contributed by atoms with E-state index in [1.807, 2.05) is 6.92 Å². The molecule has 22 heavy (non-hydrogen) atoms. The zero-order chi connectivity index (χ0) is 16.1. The number of hydrogen-bond donors (Lipinski definition) is 1. The fourth-order valence-corrected chi connectivity index (χ4v) is 2.42. The van der Waals surface area contributed by atoms with Gasteiger partial charge in [-0.2, -0.15) is 8.78 Å². The molecule has 2 amide bonds. The highest BCUT2D eigenvalue weighted by molar-refractivity contribution is 5.89. The Kier molecular flexibility index (Phi) is 5.30. The van der Waals surface area contributed by atoms with Crippen molar-refractivity contribution in [2.24, 2.45) is 5.92 Å². The Labute approximate surface area is 127 Å². The summed E-state index contributed by atoms with van der Waals surface area (Å²) >= 11 is 0. The van der Waals surface area contributed by atoms with Crippen molar-refractivity contribution in [3.05, 3.63) is 29.8 Å². The largest absolute Gasteiger partial charge is 0.435 e. The lowest BCUT2D eigenvalue weighted by molar-refractivity contribution is -0.128. The van der Waals surface area contributed by atoms with Gasteiger partial charge in [0, 0.05) is 26.1 Å². The lowest BCUT2D eigenvalue weighted by Crippen LogP contribution is -2.32. The van der Waals surface area contributed by atoms with Crippen LogP contribution in [0.3, 0.4) is 0 Å². The third-order valence-corrected chi connectivity index (χ3v) is 3.56. The Morgan fingerprint density at radius 3 is 2.91 bits per heavy atom. The number of amides is 2. The molecule has 0 aromatic heterocycles. The zero-order valence-corrected chi connectivity index (χ0v) is 12.2. The maximum Gasteiger partial charge on any atom is 0.387 e. The first-order valence-corrected chi connectivity index (χ1v) is 7.08. The average Bonchev–Trinajstić information content (AvgIpc) is 2.85. The van der Waals surface area contributed by atoms with Crippen LogP contribution >= 0.6 is 0 Å². The molecule has 1 fully saturated rings. The molecule has 1 heterocycles. The monoisotopic (exact) mass is 312 g/mol. The van der Waals surface area contributed by atoms with E-state index in [2.05, 4.69) is 10.1 Å². The summed E-state index contributed by atoms with van der Waals surface area (Å²) in [7, 11) is 0. The van der Waals surface area contributed by atoms with Crippen molar-refractivity contribution >= 4 is 11.8 Å². The van der Waals surface area contributed by atoms with Crippen LogP contribution in [0.4, 0.5) is 8.78 Å². The second-order valence-corrected chi connectivity index (χ2v) is 5.08. The van der Waals surface area contributed by atoms with Crippen LogP contribution in [0.1, 0.15) is 18.9 Å². The number of carbonyl (C=O) groups is 2. The van der Waals surface area contributed by atoms with Crippen molar-refractivity contribution in [2.75, 3.05) is 13.1 Å². The van der Waals surface area contributed by atoms with Crippen LogP contribution in [0.25, 0.3) is 0 Å². The van der Waals surface area contributed by atoms with Gasteiger partial charge in [0.05, 0.1) is 5.92 Å². The van der Waals surface area contributed by atoms with Gasteiger partial charge < -0.3 is 15.0 Å². The van der Waals surface area contributed by atoms with Gasteiger partial charge in [0.25, 0.3) is 0 Å². The minimum Gasteiger partial charge on any atom is -0.435 e. The first-order chi connectivity index (χ1) is 10.5. The van der Waals surface area contributed by atoms with Crippen LogP contribution in [0.2, 0.25) is 0 Å². The second kappa shape index (κ2) is 7.20. The van der Waals surface area contributed by atoms with Crippen molar-refractivity contribution in [3.8, 4) is 5.75 Å². The number of alkyl halides is 2. The van der Waals surface area contributed by atoms with Gasteiger partial charge in [-0.15, -0.1) is 0 Å². The molecule has 1 aromatic rings. The molecule has 7 heteroatoms. The summed E-state index contributed by atoms with van der Waals surface area (Å²) in [6, 6.07) is 6.16. The number of carbonyl (C=O) groups excluding carboxylic acids is 2.